The highest BCUT2D eigenvalue weighted by atomic mass is 16.2. The van der Waals surface area contributed by atoms with Crippen LogP contribution in [0.2, 0.25) is 0 Å². The molecule has 9 nitrogen and oxygen atoms in total. The third-order valence-corrected chi connectivity index (χ3v) is 6.35. The van der Waals surface area contributed by atoms with Crippen molar-refractivity contribution < 1.29 is 4.79 Å². The van der Waals surface area contributed by atoms with E-state index in [1.807, 2.05) is 0 Å². The van der Waals surface area contributed by atoms with Gasteiger partial charge >= 0.3 is 11.4 Å². The van der Waals surface area contributed by atoms with Gasteiger partial charge in [0.2, 0.25) is 0 Å². The Hall–Kier alpha value is -3.49. The Labute approximate surface area is 190 Å². The molecule has 0 bridgehead atoms. The normalized spacial score (nSPS) is 19.5. The standard InChI is InChI=1S/C24H30N4O5/c1-24(2,3)18-10-14(8-16-12-25(4)22(32)27(6)20(16)30)19(29)15(11-18)9-17-13-26(5)23(33)28(7)21(17)31/h8-9,12-13,18H,10-11H2,1-7H3/b14-8+,15-9+. The monoisotopic (exact) mass is 454 g/mol. The fraction of sp³-hybridized carbons (Fsp3) is 0.458. The van der Waals surface area contributed by atoms with Crippen LogP contribution in [0.3, 0.4) is 0 Å². The largest absolute Gasteiger partial charge is 0.330 e. The predicted octanol–water partition coefficient (Wildman–Crippen LogP) is 0.974. The molecule has 2 aromatic heterocycles. The highest BCUT2D eigenvalue weighted by Crippen LogP contribution is 2.41. The van der Waals surface area contributed by atoms with Crippen LogP contribution in [-0.4, -0.2) is 24.1 Å². The van der Waals surface area contributed by atoms with Crippen LogP contribution in [0, 0.1) is 11.3 Å². The summed E-state index contributed by atoms with van der Waals surface area (Å²) in [5.41, 5.74) is -0.601. The van der Waals surface area contributed by atoms with Crippen molar-refractivity contribution in [2.45, 2.75) is 33.6 Å². The van der Waals surface area contributed by atoms with Gasteiger partial charge in [-0.25, -0.2) is 9.59 Å². The molecule has 3 rings (SSSR count). The molecule has 1 aliphatic carbocycles. The van der Waals surface area contributed by atoms with Crippen molar-refractivity contribution in [1.29, 1.82) is 0 Å². The van der Waals surface area contributed by atoms with E-state index in [9.17, 15) is 24.0 Å². The lowest BCUT2D eigenvalue weighted by Crippen LogP contribution is -2.38. The van der Waals surface area contributed by atoms with E-state index < -0.39 is 22.5 Å². The van der Waals surface area contributed by atoms with E-state index >= 15 is 0 Å². The van der Waals surface area contributed by atoms with E-state index in [1.165, 1.54) is 35.6 Å². The number of nitrogens with zero attached hydrogens (tertiary/aromatic N) is 4. The van der Waals surface area contributed by atoms with Crippen molar-refractivity contribution in [1.82, 2.24) is 18.3 Å². The minimum atomic E-state index is -0.478. The van der Waals surface area contributed by atoms with Gasteiger partial charge in [-0.15, -0.1) is 0 Å². The maximum Gasteiger partial charge on any atom is 0.330 e. The van der Waals surface area contributed by atoms with Crippen molar-refractivity contribution in [2.24, 2.45) is 39.5 Å². The SMILES string of the molecule is Cn1cc(/C=C2\CC(C(C)(C)C)C/C(=C\c3cn(C)c(=O)n(C)c3=O)C2=O)c(=O)n(C)c1=O. The Morgan fingerprint density at radius 1 is 0.727 bits per heavy atom. The number of hydrogen-bond acceptors (Lipinski definition) is 5. The summed E-state index contributed by atoms with van der Waals surface area (Å²) in [4.78, 5) is 62.7. The topological polar surface area (TPSA) is 105 Å². The molecule has 2 heterocycles. The molecule has 0 aromatic carbocycles. The van der Waals surface area contributed by atoms with E-state index in [4.69, 9.17) is 0 Å². The smallest absolute Gasteiger partial charge is 0.303 e. The molecule has 2 aromatic rings. The number of rotatable bonds is 2. The zero-order valence-corrected chi connectivity index (χ0v) is 20.1. The van der Waals surface area contributed by atoms with Crippen molar-refractivity contribution in [2.75, 3.05) is 0 Å². The van der Waals surface area contributed by atoms with Gasteiger partial charge in [0, 0.05) is 51.7 Å². The second-order valence-electron chi connectivity index (χ2n) is 9.82. The number of Topliss-reactive ketones (excluding diaryl/α,β-unsaturated/α-hetero) is 1. The summed E-state index contributed by atoms with van der Waals surface area (Å²) >= 11 is 0. The molecule has 0 atom stereocenters. The van der Waals surface area contributed by atoms with Crippen LogP contribution in [0.25, 0.3) is 12.2 Å². The van der Waals surface area contributed by atoms with Gasteiger partial charge in [-0.3, -0.25) is 23.5 Å². The minimum Gasteiger partial charge on any atom is -0.303 e. The molecule has 0 spiro atoms. The lowest BCUT2D eigenvalue weighted by Gasteiger charge is -2.35. The highest BCUT2D eigenvalue weighted by Gasteiger charge is 2.35. The zero-order valence-electron chi connectivity index (χ0n) is 20.1. The van der Waals surface area contributed by atoms with Gasteiger partial charge in [0.05, 0.1) is 11.1 Å². The van der Waals surface area contributed by atoms with E-state index in [0.29, 0.717) is 24.0 Å². The Kier molecular flexibility index (Phi) is 6.19. The molecular weight excluding hydrogens is 424 g/mol. The summed E-state index contributed by atoms with van der Waals surface area (Å²) in [6.07, 6.45) is 6.90. The molecular formula is C24H30N4O5. The number of carbonyl (C=O) groups excluding carboxylic acids is 1. The Bertz CT molecular complexity index is 1340. The van der Waals surface area contributed by atoms with Gasteiger partial charge < -0.3 is 9.13 Å². The Balaban J connectivity index is 2.20. The third-order valence-electron chi connectivity index (χ3n) is 6.35. The molecule has 0 radical (unpaired) electrons. The maximum absolute atomic E-state index is 13.4. The lowest BCUT2D eigenvalue weighted by molar-refractivity contribution is -0.113. The summed E-state index contributed by atoms with van der Waals surface area (Å²) in [6, 6.07) is 0. The van der Waals surface area contributed by atoms with Crippen LogP contribution in [0.5, 0.6) is 0 Å². The van der Waals surface area contributed by atoms with Crippen molar-refractivity contribution in [3.63, 3.8) is 0 Å². The number of ketones is 1. The fourth-order valence-electron chi connectivity index (χ4n) is 4.10. The quantitative estimate of drug-likeness (QED) is 0.629. The number of aromatic nitrogens is 4. The number of carbonyl (C=O) groups is 1. The highest BCUT2D eigenvalue weighted by molar-refractivity contribution is 6.14. The third kappa shape index (κ3) is 4.53. The van der Waals surface area contributed by atoms with Crippen LogP contribution < -0.4 is 22.5 Å². The second-order valence-corrected chi connectivity index (χ2v) is 9.82. The van der Waals surface area contributed by atoms with Crippen LogP contribution in [0.15, 0.2) is 42.7 Å². The lowest BCUT2D eigenvalue weighted by atomic mass is 9.68. The van der Waals surface area contributed by atoms with E-state index in [2.05, 4.69) is 20.8 Å². The molecule has 33 heavy (non-hydrogen) atoms. The minimum absolute atomic E-state index is 0.0838. The van der Waals surface area contributed by atoms with Crippen molar-refractivity contribution >= 4 is 17.9 Å². The van der Waals surface area contributed by atoms with E-state index in [0.717, 1.165) is 9.13 Å². The van der Waals surface area contributed by atoms with Crippen LogP contribution in [0.1, 0.15) is 44.7 Å². The average molecular weight is 455 g/mol. The second kappa shape index (κ2) is 8.46. The summed E-state index contributed by atoms with van der Waals surface area (Å²) < 4.78 is 4.61. The van der Waals surface area contributed by atoms with E-state index in [-0.39, 0.29) is 28.2 Å². The number of aryl methyl sites for hydroxylation is 2. The Morgan fingerprint density at radius 2 is 1.09 bits per heavy atom. The predicted molar refractivity (Wildman–Crippen MR) is 127 cm³/mol. The molecule has 0 amide bonds. The summed E-state index contributed by atoms with van der Waals surface area (Å²) in [5, 5.41) is 0. The van der Waals surface area contributed by atoms with Gasteiger partial charge in [0.1, 0.15) is 0 Å². The Morgan fingerprint density at radius 3 is 1.42 bits per heavy atom. The number of allylic oxidation sites excluding steroid dienone is 2. The molecule has 9 heteroatoms. The first-order valence-electron chi connectivity index (χ1n) is 10.7. The van der Waals surface area contributed by atoms with E-state index in [1.54, 1.807) is 26.2 Å². The first-order valence-corrected chi connectivity index (χ1v) is 10.7. The summed E-state index contributed by atoms with van der Waals surface area (Å²) in [7, 11) is 5.89. The van der Waals surface area contributed by atoms with Crippen molar-refractivity contribution in [3.05, 3.63) is 76.3 Å². The molecule has 0 saturated heterocycles. The average Bonchev–Trinajstić information content (AvgIpc) is 2.74. The molecule has 0 unspecified atom stereocenters. The van der Waals surface area contributed by atoms with Crippen molar-refractivity contribution in [3.8, 4) is 0 Å². The van der Waals surface area contributed by atoms with Gasteiger partial charge in [0.25, 0.3) is 11.1 Å². The molecule has 176 valence electrons. The fourth-order valence-corrected chi connectivity index (χ4v) is 4.10. The van der Waals surface area contributed by atoms with Gasteiger partial charge in [-0.2, -0.15) is 0 Å². The summed E-state index contributed by atoms with van der Waals surface area (Å²) in [5.74, 6) is -0.164. The van der Waals surface area contributed by atoms with Gasteiger partial charge in [0.15, 0.2) is 5.78 Å². The first kappa shape index (κ1) is 24.2. The van der Waals surface area contributed by atoms with Crippen LogP contribution >= 0.6 is 0 Å². The zero-order chi connectivity index (χ0) is 24.8. The molecule has 0 N–H and O–H groups in total. The maximum atomic E-state index is 13.4. The molecule has 0 aliphatic heterocycles. The van der Waals surface area contributed by atoms with Gasteiger partial charge in [-0.1, -0.05) is 20.8 Å². The molecule has 1 aliphatic rings. The summed E-state index contributed by atoms with van der Waals surface area (Å²) in [6.45, 7) is 6.25. The number of hydrogen-bond donors (Lipinski definition) is 0. The van der Waals surface area contributed by atoms with Gasteiger partial charge in [-0.05, 0) is 36.3 Å². The molecule has 1 saturated carbocycles. The first-order chi connectivity index (χ1) is 15.2. The van der Waals surface area contributed by atoms with Crippen LogP contribution in [0.4, 0.5) is 0 Å². The van der Waals surface area contributed by atoms with Crippen LogP contribution in [-0.2, 0) is 33.0 Å². The molecule has 1 fully saturated rings.